The highest BCUT2D eigenvalue weighted by Crippen LogP contribution is 2.37. The first kappa shape index (κ1) is 13.9. The highest BCUT2D eigenvalue weighted by molar-refractivity contribution is 7.18. The van der Waals surface area contributed by atoms with E-state index in [2.05, 4.69) is 38.1 Å². The van der Waals surface area contributed by atoms with E-state index in [4.69, 9.17) is 14.0 Å². The van der Waals surface area contributed by atoms with E-state index in [0.717, 1.165) is 15.5 Å². The molecule has 3 rings (SSSR count). The summed E-state index contributed by atoms with van der Waals surface area (Å²) in [6.45, 7) is 8.24. The summed E-state index contributed by atoms with van der Waals surface area (Å²) >= 11 is 1.64. The summed E-state index contributed by atoms with van der Waals surface area (Å²) in [6.07, 6.45) is 1.83. The van der Waals surface area contributed by atoms with Crippen molar-refractivity contribution in [3.63, 3.8) is 0 Å². The lowest BCUT2D eigenvalue weighted by atomic mass is 9.79. The second-order valence-electron chi connectivity index (χ2n) is 6.00. The van der Waals surface area contributed by atoms with Gasteiger partial charge in [0, 0.05) is 17.7 Å². The molecule has 1 aliphatic rings. The zero-order valence-electron chi connectivity index (χ0n) is 12.4. The number of nitrogens with zero attached hydrogens (tertiary/aromatic N) is 1. The van der Waals surface area contributed by atoms with Gasteiger partial charge in [-0.3, -0.25) is 0 Å². The van der Waals surface area contributed by atoms with Gasteiger partial charge in [0.2, 0.25) is 5.88 Å². The van der Waals surface area contributed by atoms with Crippen LogP contribution in [0.4, 0.5) is 0 Å². The number of hydrogen-bond acceptors (Lipinski definition) is 5. The van der Waals surface area contributed by atoms with Crippen LogP contribution in [0.2, 0.25) is 0 Å². The lowest BCUT2D eigenvalue weighted by Gasteiger charge is -2.32. The third-order valence-electron chi connectivity index (χ3n) is 4.18. The highest BCUT2D eigenvalue weighted by atomic mass is 32.1. The zero-order chi connectivity index (χ0) is 14.5. The smallest absolute Gasteiger partial charge is 0.481 e. The van der Waals surface area contributed by atoms with E-state index < -0.39 is 0 Å². The number of fused-ring (bicyclic) bond motifs is 1. The van der Waals surface area contributed by atoms with Crippen molar-refractivity contribution in [2.24, 2.45) is 0 Å². The number of rotatable bonds is 2. The first-order valence-electron chi connectivity index (χ1n) is 6.61. The molecular weight excluding hydrogens is 273 g/mol. The maximum absolute atomic E-state index is 6.11. The minimum Gasteiger partial charge on any atom is -0.481 e. The third kappa shape index (κ3) is 2.03. The fourth-order valence-electron chi connectivity index (χ4n) is 2.20. The largest absolute Gasteiger partial charge is 0.496 e. The van der Waals surface area contributed by atoms with Crippen LogP contribution in [-0.2, 0) is 9.31 Å². The molecule has 0 spiro atoms. The number of hydrogen-bond donors (Lipinski definition) is 0. The lowest BCUT2D eigenvalue weighted by Crippen LogP contribution is -2.41. The summed E-state index contributed by atoms with van der Waals surface area (Å²) in [6, 6.07) is 1.94. The van der Waals surface area contributed by atoms with Gasteiger partial charge >= 0.3 is 7.12 Å². The van der Waals surface area contributed by atoms with Gasteiger partial charge in [-0.15, -0.1) is 11.3 Å². The molecule has 2 aromatic heterocycles. The van der Waals surface area contributed by atoms with Gasteiger partial charge in [-0.2, -0.15) is 0 Å². The van der Waals surface area contributed by atoms with E-state index in [0.29, 0.717) is 5.88 Å². The molecule has 4 nitrogen and oxygen atoms in total. The Hall–Kier alpha value is -1.11. The Labute approximate surface area is 123 Å². The van der Waals surface area contributed by atoms with E-state index in [1.165, 1.54) is 0 Å². The molecule has 0 saturated carbocycles. The molecule has 0 aliphatic carbocycles. The van der Waals surface area contributed by atoms with Crippen molar-refractivity contribution in [1.29, 1.82) is 0 Å². The Morgan fingerprint density at radius 3 is 2.45 bits per heavy atom. The van der Waals surface area contributed by atoms with Gasteiger partial charge in [-0.05, 0) is 38.5 Å². The minimum atomic E-state index is -0.346. The maximum atomic E-state index is 6.11. The molecule has 1 fully saturated rings. The second kappa shape index (κ2) is 4.45. The van der Waals surface area contributed by atoms with Gasteiger partial charge in [-0.25, -0.2) is 4.98 Å². The van der Waals surface area contributed by atoms with E-state index in [-0.39, 0.29) is 18.3 Å². The summed E-state index contributed by atoms with van der Waals surface area (Å²) in [7, 11) is 1.27. The summed E-state index contributed by atoms with van der Waals surface area (Å²) in [4.78, 5) is 4.23. The van der Waals surface area contributed by atoms with Crippen LogP contribution >= 0.6 is 11.3 Å². The Morgan fingerprint density at radius 2 is 1.85 bits per heavy atom. The summed E-state index contributed by atoms with van der Waals surface area (Å²) in [5.41, 5.74) is 0.385. The van der Waals surface area contributed by atoms with Crippen LogP contribution in [0.15, 0.2) is 17.6 Å². The van der Waals surface area contributed by atoms with Crippen LogP contribution in [-0.4, -0.2) is 30.4 Å². The SMILES string of the molecule is COc1cc2c(B3OC(C)(C)C(C)(C)O3)csc2cn1. The number of ether oxygens (including phenoxy) is 1. The van der Waals surface area contributed by atoms with Crippen molar-refractivity contribution in [3.8, 4) is 5.88 Å². The number of thiophene rings is 1. The van der Waals surface area contributed by atoms with Crippen LogP contribution in [0, 0.1) is 0 Å². The van der Waals surface area contributed by atoms with Crippen LogP contribution in [0.3, 0.4) is 0 Å². The number of pyridine rings is 1. The second-order valence-corrected chi connectivity index (χ2v) is 6.91. The summed E-state index contributed by atoms with van der Waals surface area (Å²) in [5.74, 6) is 0.605. The van der Waals surface area contributed by atoms with Gasteiger partial charge in [0.25, 0.3) is 0 Å². The highest BCUT2D eigenvalue weighted by Gasteiger charge is 2.52. The molecule has 1 saturated heterocycles. The first-order chi connectivity index (χ1) is 9.34. The van der Waals surface area contributed by atoms with Gasteiger partial charge < -0.3 is 14.0 Å². The van der Waals surface area contributed by atoms with Gasteiger partial charge in [-0.1, -0.05) is 0 Å². The van der Waals surface area contributed by atoms with Crippen LogP contribution in [0.1, 0.15) is 27.7 Å². The van der Waals surface area contributed by atoms with Crippen molar-refractivity contribution >= 4 is 34.0 Å². The molecule has 0 amide bonds. The molecule has 3 heterocycles. The molecule has 0 bridgehead atoms. The fraction of sp³-hybridized carbons (Fsp3) is 0.500. The molecule has 6 heteroatoms. The average molecular weight is 291 g/mol. The van der Waals surface area contributed by atoms with Crippen molar-refractivity contribution in [2.45, 2.75) is 38.9 Å². The van der Waals surface area contributed by atoms with Crippen LogP contribution in [0.25, 0.3) is 10.1 Å². The predicted octanol–water partition coefficient (Wildman–Crippen LogP) is 2.60. The molecule has 106 valence electrons. The predicted molar refractivity (Wildman–Crippen MR) is 81.9 cm³/mol. The maximum Gasteiger partial charge on any atom is 0.496 e. The normalized spacial score (nSPS) is 20.6. The summed E-state index contributed by atoms with van der Waals surface area (Å²) in [5, 5.41) is 3.16. The van der Waals surface area contributed by atoms with Crippen molar-refractivity contribution in [3.05, 3.63) is 17.6 Å². The Kier molecular flexibility index (Phi) is 3.08. The van der Waals surface area contributed by atoms with Gasteiger partial charge in [0.1, 0.15) is 0 Å². The quantitative estimate of drug-likeness (QED) is 0.797. The molecule has 0 radical (unpaired) electrons. The van der Waals surface area contributed by atoms with Crippen molar-refractivity contribution in [2.75, 3.05) is 7.11 Å². The lowest BCUT2D eigenvalue weighted by molar-refractivity contribution is 0.00578. The number of methoxy groups -OCH3 is 1. The Morgan fingerprint density at radius 1 is 1.20 bits per heavy atom. The first-order valence-corrected chi connectivity index (χ1v) is 7.49. The monoisotopic (exact) mass is 291 g/mol. The van der Waals surface area contributed by atoms with E-state index in [1.807, 2.05) is 12.3 Å². The van der Waals surface area contributed by atoms with E-state index in [1.54, 1.807) is 18.4 Å². The fourth-order valence-corrected chi connectivity index (χ4v) is 3.11. The average Bonchev–Trinajstić information content (AvgIpc) is 2.87. The standard InChI is InChI=1S/C14H18BNO3S/c1-13(2)14(3,4)19-15(18-13)10-8-20-11-7-16-12(17-5)6-9(10)11/h6-8H,1-5H3. The van der Waals surface area contributed by atoms with Gasteiger partial charge in [0.15, 0.2) is 0 Å². The van der Waals surface area contributed by atoms with E-state index in [9.17, 15) is 0 Å². The van der Waals surface area contributed by atoms with Crippen molar-refractivity contribution in [1.82, 2.24) is 4.98 Å². The number of aromatic nitrogens is 1. The van der Waals surface area contributed by atoms with Crippen LogP contribution < -0.4 is 10.2 Å². The molecule has 2 aromatic rings. The minimum absolute atomic E-state index is 0.330. The molecule has 0 N–H and O–H groups in total. The molecule has 0 aromatic carbocycles. The topological polar surface area (TPSA) is 40.6 Å². The summed E-state index contributed by atoms with van der Waals surface area (Å²) < 4.78 is 18.5. The molecule has 1 aliphatic heterocycles. The molecule has 0 unspecified atom stereocenters. The molecular formula is C14H18BNO3S. The zero-order valence-corrected chi connectivity index (χ0v) is 13.2. The molecule has 0 atom stereocenters. The van der Waals surface area contributed by atoms with E-state index >= 15 is 0 Å². The van der Waals surface area contributed by atoms with Crippen LogP contribution in [0.5, 0.6) is 5.88 Å². The third-order valence-corrected chi connectivity index (χ3v) is 5.13. The Balaban J connectivity index is 2.03. The Bertz CT molecular complexity index is 637. The van der Waals surface area contributed by atoms with Gasteiger partial charge in [0.05, 0.1) is 23.0 Å². The molecule has 20 heavy (non-hydrogen) atoms. The van der Waals surface area contributed by atoms with Crippen molar-refractivity contribution < 1.29 is 14.0 Å².